The molecule has 0 radical (unpaired) electrons. The number of carbonyl (C=O) groups excluding carboxylic acids is 1. The lowest BCUT2D eigenvalue weighted by molar-refractivity contribution is -0.116. The van der Waals surface area contributed by atoms with Gasteiger partial charge < -0.3 is 14.7 Å². The van der Waals surface area contributed by atoms with Crippen molar-refractivity contribution >= 4 is 35.0 Å². The van der Waals surface area contributed by atoms with Crippen LogP contribution >= 0.6 is 23.4 Å². The Hall–Kier alpha value is -0.750. The molecular formula is C17H24ClN3OS. The Labute approximate surface area is 147 Å². The Bertz CT molecular complexity index is 561. The van der Waals surface area contributed by atoms with Crippen molar-refractivity contribution in [2.24, 2.45) is 0 Å². The van der Waals surface area contributed by atoms with Gasteiger partial charge in [0.25, 0.3) is 0 Å². The summed E-state index contributed by atoms with van der Waals surface area (Å²) in [6, 6.07) is 5.91. The van der Waals surface area contributed by atoms with Crippen molar-refractivity contribution in [3.05, 3.63) is 28.8 Å². The minimum Gasteiger partial charge on any atom is -0.311 e. The van der Waals surface area contributed by atoms with E-state index in [0.29, 0.717) is 10.8 Å². The fraction of sp³-hybridized carbons (Fsp3) is 0.588. The number of benzene rings is 1. The predicted molar refractivity (Wildman–Crippen MR) is 98.5 cm³/mol. The van der Waals surface area contributed by atoms with Gasteiger partial charge in [-0.25, -0.2) is 0 Å². The molecule has 1 fully saturated rings. The molecule has 4 nitrogen and oxygen atoms in total. The van der Waals surface area contributed by atoms with Crippen molar-refractivity contribution in [1.82, 2.24) is 9.80 Å². The van der Waals surface area contributed by atoms with Crippen molar-refractivity contribution in [1.29, 1.82) is 0 Å². The van der Waals surface area contributed by atoms with Gasteiger partial charge in [0.15, 0.2) is 0 Å². The van der Waals surface area contributed by atoms with Crippen molar-refractivity contribution in [3.63, 3.8) is 0 Å². The number of carbonyl (C=O) groups is 1. The topological polar surface area (TPSA) is 26.8 Å². The van der Waals surface area contributed by atoms with Gasteiger partial charge in [0.05, 0.1) is 5.75 Å². The fourth-order valence-electron chi connectivity index (χ4n) is 3.14. The number of amides is 1. The van der Waals surface area contributed by atoms with Gasteiger partial charge in [-0.15, -0.1) is 11.8 Å². The maximum absolute atomic E-state index is 12.5. The van der Waals surface area contributed by atoms with Crippen LogP contribution in [-0.2, 0) is 10.5 Å². The SMILES string of the molecule is CN1CCN(CCCN2C(=O)CSCc3ccc(Cl)cc32)CC1. The first-order valence-corrected chi connectivity index (χ1v) is 9.74. The molecule has 23 heavy (non-hydrogen) atoms. The van der Waals surface area contributed by atoms with Crippen LogP contribution in [0.25, 0.3) is 0 Å². The maximum Gasteiger partial charge on any atom is 0.236 e. The molecule has 0 bridgehead atoms. The van der Waals surface area contributed by atoms with Crippen LogP contribution in [0.1, 0.15) is 12.0 Å². The molecule has 2 aliphatic rings. The third kappa shape index (κ3) is 4.41. The largest absolute Gasteiger partial charge is 0.311 e. The summed E-state index contributed by atoms with van der Waals surface area (Å²) in [6.45, 7) is 6.36. The molecule has 0 aliphatic carbocycles. The lowest BCUT2D eigenvalue weighted by Crippen LogP contribution is -2.45. The molecule has 0 spiro atoms. The Morgan fingerprint density at radius 1 is 1.13 bits per heavy atom. The second-order valence-corrected chi connectivity index (χ2v) is 7.73. The summed E-state index contributed by atoms with van der Waals surface area (Å²) < 4.78 is 0. The summed E-state index contributed by atoms with van der Waals surface area (Å²) >= 11 is 7.84. The predicted octanol–water partition coefficient (Wildman–Crippen LogP) is 2.56. The summed E-state index contributed by atoms with van der Waals surface area (Å²) in [5.41, 5.74) is 2.22. The Morgan fingerprint density at radius 3 is 2.70 bits per heavy atom. The summed E-state index contributed by atoms with van der Waals surface area (Å²) in [5, 5.41) is 0.701. The number of piperazine rings is 1. The highest BCUT2D eigenvalue weighted by molar-refractivity contribution is 7.99. The standard InChI is InChI=1S/C17H24ClN3OS/c1-19-7-9-20(10-8-19)5-2-6-21-16-11-15(18)4-3-14(16)12-23-13-17(21)22/h3-4,11H,2,5-10,12-13H2,1H3. The molecule has 126 valence electrons. The number of nitrogens with zero attached hydrogens (tertiary/aromatic N) is 3. The van der Waals surface area contributed by atoms with Crippen LogP contribution < -0.4 is 4.90 Å². The van der Waals surface area contributed by atoms with Gasteiger partial charge in [-0.05, 0) is 37.7 Å². The number of fused-ring (bicyclic) bond motifs is 1. The summed E-state index contributed by atoms with van der Waals surface area (Å²) in [6.07, 6.45) is 1.01. The second kappa shape index (κ2) is 7.88. The average molecular weight is 354 g/mol. The van der Waals surface area contributed by atoms with Crippen LogP contribution in [0, 0.1) is 0 Å². The van der Waals surface area contributed by atoms with Crippen molar-refractivity contribution in [2.75, 3.05) is 57.0 Å². The molecule has 0 saturated carbocycles. The van der Waals surface area contributed by atoms with Crippen LogP contribution in [0.2, 0.25) is 5.02 Å². The number of halogens is 1. The number of hydrogen-bond acceptors (Lipinski definition) is 4. The number of rotatable bonds is 4. The lowest BCUT2D eigenvalue weighted by atomic mass is 10.1. The number of hydrogen-bond donors (Lipinski definition) is 0. The van der Waals surface area contributed by atoms with E-state index < -0.39 is 0 Å². The van der Waals surface area contributed by atoms with Gasteiger partial charge in [-0.3, -0.25) is 4.79 Å². The van der Waals surface area contributed by atoms with Gasteiger partial charge in [0.1, 0.15) is 0 Å². The molecule has 1 amide bonds. The molecule has 0 atom stereocenters. The zero-order valence-electron chi connectivity index (χ0n) is 13.6. The van der Waals surface area contributed by atoms with E-state index in [-0.39, 0.29) is 5.91 Å². The van der Waals surface area contributed by atoms with E-state index in [1.165, 1.54) is 5.56 Å². The zero-order chi connectivity index (χ0) is 16.2. The molecule has 3 rings (SSSR count). The first kappa shape index (κ1) is 17.1. The van der Waals surface area contributed by atoms with Gasteiger partial charge in [0.2, 0.25) is 5.91 Å². The van der Waals surface area contributed by atoms with Gasteiger partial charge >= 0.3 is 0 Å². The molecule has 1 saturated heterocycles. The number of likely N-dealkylation sites (N-methyl/N-ethyl adjacent to an activating group) is 1. The van der Waals surface area contributed by atoms with E-state index in [1.54, 1.807) is 11.8 Å². The van der Waals surface area contributed by atoms with E-state index in [0.717, 1.165) is 57.1 Å². The van der Waals surface area contributed by atoms with Crippen LogP contribution in [0.4, 0.5) is 5.69 Å². The molecule has 2 aliphatic heterocycles. The van der Waals surface area contributed by atoms with E-state index >= 15 is 0 Å². The van der Waals surface area contributed by atoms with E-state index in [1.807, 2.05) is 17.0 Å². The minimum atomic E-state index is 0.203. The molecule has 2 heterocycles. The highest BCUT2D eigenvalue weighted by Crippen LogP contribution is 2.31. The van der Waals surface area contributed by atoms with Crippen LogP contribution in [-0.4, -0.2) is 67.8 Å². The van der Waals surface area contributed by atoms with Crippen molar-refractivity contribution in [3.8, 4) is 0 Å². The van der Waals surface area contributed by atoms with Gasteiger partial charge in [-0.2, -0.15) is 0 Å². The van der Waals surface area contributed by atoms with Crippen LogP contribution in [0.5, 0.6) is 0 Å². The van der Waals surface area contributed by atoms with Crippen LogP contribution in [0.15, 0.2) is 18.2 Å². The number of anilines is 1. The molecule has 1 aromatic carbocycles. The molecule has 0 aromatic heterocycles. The third-order valence-corrected chi connectivity index (χ3v) is 5.78. The molecule has 0 unspecified atom stereocenters. The first-order chi connectivity index (χ1) is 11.1. The third-order valence-electron chi connectivity index (χ3n) is 4.57. The van der Waals surface area contributed by atoms with Crippen molar-refractivity contribution in [2.45, 2.75) is 12.2 Å². The monoisotopic (exact) mass is 353 g/mol. The van der Waals surface area contributed by atoms with Crippen LogP contribution in [0.3, 0.4) is 0 Å². The van der Waals surface area contributed by atoms with Gasteiger partial charge in [-0.1, -0.05) is 17.7 Å². The summed E-state index contributed by atoms with van der Waals surface area (Å²) in [5.74, 6) is 1.64. The Balaban J connectivity index is 1.62. The van der Waals surface area contributed by atoms with Crippen molar-refractivity contribution < 1.29 is 4.79 Å². The molecule has 0 N–H and O–H groups in total. The quantitative estimate of drug-likeness (QED) is 0.831. The fourth-order valence-corrected chi connectivity index (χ4v) is 4.20. The molecule has 6 heteroatoms. The minimum absolute atomic E-state index is 0.203. The summed E-state index contributed by atoms with van der Waals surface area (Å²) in [7, 11) is 2.17. The molecular weight excluding hydrogens is 330 g/mol. The highest BCUT2D eigenvalue weighted by atomic mass is 35.5. The average Bonchev–Trinajstić information content (AvgIpc) is 2.69. The van der Waals surface area contributed by atoms with Gasteiger partial charge in [0, 0.05) is 49.2 Å². The first-order valence-electron chi connectivity index (χ1n) is 8.21. The summed E-state index contributed by atoms with van der Waals surface area (Å²) in [4.78, 5) is 19.3. The Kier molecular flexibility index (Phi) is 5.85. The maximum atomic E-state index is 12.5. The second-order valence-electron chi connectivity index (χ2n) is 6.31. The van der Waals surface area contributed by atoms with E-state index in [9.17, 15) is 4.79 Å². The lowest BCUT2D eigenvalue weighted by Gasteiger charge is -2.33. The Morgan fingerprint density at radius 2 is 1.91 bits per heavy atom. The number of thioether (sulfide) groups is 1. The zero-order valence-corrected chi connectivity index (χ0v) is 15.2. The van der Waals surface area contributed by atoms with E-state index in [2.05, 4.69) is 22.9 Å². The smallest absolute Gasteiger partial charge is 0.236 e. The van der Waals surface area contributed by atoms with E-state index in [4.69, 9.17) is 11.6 Å². The normalized spacial score (nSPS) is 20.4. The highest BCUT2D eigenvalue weighted by Gasteiger charge is 2.23. The molecule has 1 aromatic rings.